The number of rotatable bonds is 6. The molecule has 1 fully saturated rings. The van der Waals surface area contributed by atoms with Crippen LogP contribution in [0, 0.1) is 6.92 Å². The van der Waals surface area contributed by atoms with Crippen molar-refractivity contribution in [3.05, 3.63) is 29.3 Å². The number of carboxylic acid groups (broad SMARTS) is 1. The lowest BCUT2D eigenvalue weighted by molar-refractivity contribution is -0.123. The van der Waals surface area contributed by atoms with Gasteiger partial charge in [0.2, 0.25) is 0 Å². The molecule has 114 valence electrons. The number of para-hydroxylation sites is 1. The van der Waals surface area contributed by atoms with E-state index >= 15 is 0 Å². The Morgan fingerprint density at radius 3 is 2.95 bits per heavy atom. The number of benzene rings is 1. The summed E-state index contributed by atoms with van der Waals surface area (Å²) in [4.78, 5) is 22.8. The molecule has 0 aromatic heterocycles. The minimum atomic E-state index is -1.08. The van der Waals surface area contributed by atoms with Gasteiger partial charge in [-0.25, -0.2) is 4.79 Å². The van der Waals surface area contributed by atoms with Gasteiger partial charge in [0.05, 0.1) is 6.10 Å². The fraction of sp³-hybridized carbons (Fsp3) is 0.467. The van der Waals surface area contributed by atoms with Crippen LogP contribution in [0.15, 0.2) is 18.2 Å². The second-order valence-corrected chi connectivity index (χ2v) is 4.98. The normalized spacial score (nSPS) is 17.5. The van der Waals surface area contributed by atoms with E-state index in [1.165, 1.54) is 6.07 Å². The summed E-state index contributed by atoms with van der Waals surface area (Å²) in [7, 11) is 0. The Hall–Kier alpha value is -2.08. The number of carboxylic acids is 1. The quantitative estimate of drug-likeness (QED) is 0.827. The molecule has 1 aliphatic heterocycles. The van der Waals surface area contributed by atoms with Gasteiger partial charge in [0.1, 0.15) is 11.3 Å². The van der Waals surface area contributed by atoms with E-state index in [9.17, 15) is 9.59 Å². The number of hydrogen-bond acceptors (Lipinski definition) is 4. The van der Waals surface area contributed by atoms with Crippen molar-refractivity contribution in [3.63, 3.8) is 0 Å². The predicted octanol–water partition coefficient (Wildman–Crippen LogP) is 1.37. The number of amides is 1. The Kier molecular flexibility index (Phi) is 5.16. The Morgan fingerprint density at radius 1 is 1.48 bits per heavy atom. The molecule has 0 bridgehead atoms. The van der Waals surface area contributed by atoms with Gasteiger partial charge in [0.25, 0.3) is 5.91 Å². The average Bonchev–Trinajstić information content (AvgIpc) is 2.96. The molecule has 0 aliphatic carbocycles. The largest absolute Gasteiger partial charge is 0.483 e. The number of hydrogen-bond donors (Lipinski definition) is 2. The van der Waals surface area contributed by atoms with Crippen LogP contribution < -0.4 is 10.1 Å². The van der Waals surface area contributed by atoms with Crippen LogP contribution in [-0.2, 0) is 9.53 Å². The summed E-state index contributed by atoms with van der Waals surface area (Å²) in [5, 5.41) is 11.8. The van der Waals surface area contributed by atoms with Gasteiger partial charge in [-0.3, -0.25) is 4.79 Å². The Morgan fingerprint density at radius 2 is 2.29 bits per heavy atom. The van der Waals surface area contributed by atoms with E-state index in [2.05, 4.69) is 5.32 Å². The van der Waals surface area contributed by atoms with Gasteiger partial charge in [0.15, 0.2) is 6.61 Å². The third-order valence-corrected chi connectivity index (χ3v) is 3.34. The maximum atomic E-state index is 11.7. The Bertz CT molecular complexity index is 523. The van der Waals surface area contributed by atoms with Crippen molar-refractivity contribution in [3.8, 4) is 5.75 Å². The molecule has 1 amide bonds. The van der Waals surface area contributed by atoms with Crippen LogP contribution in [0.5, 0.6) is 5.75 Å². The second-order valence-electron chi connectivity index (χ2n) is 4.98. The van der Waals surface area contributed by atoms with E-state index < -0.39 is 5.97 Å². The highest BCUT2D eigenvalue weighted by Crippen LogP contribution is 2.23. The minimum absolute atomic E-state index is 0.0573. The van der Waals surface area contributed by atoms with Gasteiger partial charge < -0.3 is 19.9 Å². The summed E-state index contributed by atoms with van der Waals surface area (Å²) in [6.45, 7) is 2.73. The number of carbonyl (C=O) groups excluding carboxylic acids is 1. The second kappa shape index (κ2) is 7.08. The van der Waals surface area contributed by atoms with E-state index in [4.69, 9.17) is 14.6 Å². The molecule has 1 heterocycles. The molecule has 1 atom stereocenters. The van der Waals surface area contributed by atoms with Crippen molar-refractivity contribution in [1.29, 1.82) is 0 Å². The molecule has 2 N–H and O–H groups in total. The summed E-state index contributed by atoms with van der Waals surface area (Å²) in [5.74, 6) is -1.13. The zero-order chi connectivity index (χ0) is 15.2. The third kappa shape index (κ3) is 4.19. The van der Waals surface area contributed by atoms with Gasteiger partial charge in [0, 0.05) is 13.2 Å². The molecule has 6 nitrogen and oxygen atoms in total. The molecule has 2 rings (SSSR count). The van der Waals surface area contributed by atoms with Crippen LogP contribution in [0.3, 0.4) is 0 Å². The van der Waals surface area contributed by atoms with Crippen LogP contribution in [0.4, 0.5) is 0 Å². The highest BCUT2D eigenvalue weighted by molar-refractivity contribution is 5.91. The number of aromatic carboxylic acids is 1. The number of carbonyl (C=O) groups is 2. The predicted molar refractivity (Wildman–Crippen MR) is 75.6 cm³/mol. The minimum Gasteiger partial charge on any atom is -0.483 e. The van der Waals surface area contributed by atoms with E-state index in [-0.39, 0.29) is 29.9 Å². The molecule has 1 aromatic carbocycles. The zero-order valence-corrected chi connectivity index (χ0v) is 11.9. The van der Waals surface area contributed by atoms with Gasteiger partial charge in [-0.05, 0) is 31.4 Å². The first-order valence-corrected chi connectivity index (χ1v) is 6.92. The zero-order valence-electron chi connectivity index (χ0n) is 11.9. The molecule has 0 spiro atoms. The summed E-state index contributed by atoms with van der Waals surface area (Å²) in [6.07, 6.45) is 2.03. The molecular weight excluding hydrogens is 274 g/mol. The van der Waals surface area contributed by atoms with Crippen LogP contribution in [0.25, 0.3) is 0 Å². The summed E-state index contributed by atoms with van der Waals surface area (Å²) in [6, 6.07) is 4.84. The molecule has 0 saturated carbocycles. The molecule has 1 aromatic rings. The van der Waals surface area contributed by atoms with Gasteiger partial charge in [-0.15, -0.1) is 0 Å². The Balaban J connectivity index is 1.87. The SMILES string of the molecule is Cc1cccc(C(=O)O)c1OCC(=O)NCC1CCCO1. The molecule has 1 saturated heterocycles. The maximum Gasteiger partial charge on any atom is 0.339 e. The molecular formula is C15H19NO5. The van der Waals surface area contributed by atoms with Crippen LogP contribution >= 0.6 is 0 Å². The number of ether oxygens (including phenoxy) is 2. The summed E-state index contributed by atoms with van der Waals surface area (Å²) in [5.41, 5.74) is 0.740. The van der Waals surface area contributed by atoms with E-state index in [1.54, 1.807) is 19.1 Å². The molecule has 21 heavy (non-hydrogen) atoms. The van der Waals surface area contributed by atoms with Crippen molar-refractivity contribution >= 4 is 11.9 Å². The summed E-state index contributed by atoms with van der Waals surface area (Å²) >= 11 is 0. The number of nitrogens with one attached hydrogen (secondary N) is 1. The fourth-order valence-electron chi connectivity index (χ4n) is 2.23. The smallest absolute Gasteiger partial charge is 0.339 e. The van der Waals surface area contributed by atoms with Crippen molar-refractivity contribution in [2.45, 2.75) is 25.9 Å². The molecule has 1 aliphatic rings. The third-order valence-electron chi connectivity index (χ3n) is 3.34. The average molecular weight is 293 g/mol. The lowest BCUT2D eigenvalue weighted by Crippen LogP contribution is -2.35. The van der Waals surface area contributed by atoms with Gasteiger partial charge in [-0.1, -0.05) is 12.1 Å². The molecule has 0 radical (unpaired) electrons. The van der Waals surface area contributed by atoms with Crippen molar-refractivity contribution < 1.29 is 24.2 Å². The lowest BCUT2D eigenvalue weighted by Gasteiger charge is -2.13. The van der Waals surface area contributed by atoms with Crippen LogP contribution in [0.2, 0.25) is 0 Å². The summed E-state index contributed by atoms with van der Waals surface area (Å²) < 4.78 is 10.8. The van der Waals surface area contributed by atoms with Crippen molar-refractivity contribution in [2.75, 3.05) is 19.8 Å². The molecule has 6 heteroatoms. The first-order chi connectivity index (χ1) is 10.1. The van der Waals surface area contributed by atoms with Gasteiger partial charge >= 0.3 is 5.97 Å². The first-order valence-electron chi connectivity index (χ1n) is 6.92. The highest BCUT2D eigenvalue weighted by atomic mass is 16.5. The molecule has 1 unspecified atom stereocenters. The highest BCUT2D eigenvalue weighted by Gasteiger charge is 2.17. The van der Waals surface area contributed by atoms with Gasteiger partial charge in [-0.2, -0.15) is 0 Å². The maximum absolute atomic E-state index is 11.7. The number of aryl methyl sites for hydroxylation is 1. The monoisotopic (exact) mass is 293 g/mol. The van der Waals surface area contributed by atoms with E-state index in [0.29, 0.717) is 12.1 Å². The fourth-order valence-corrected chi connectivity index (χ4v) is 2.23. The van der Waals surface area contributed by atoms with Crippen molar-refractivity contribution in [2.24, 2.45) is 0 Å². The first kappa shape index (κ1) is 15.3. The standard InChI is InChI=1S/C15H19NO5/c1-10-4-2-6-12(15(18)19)14(10)21-9-13(17)16-8-11-5-3-7-20-11/h2,4,6,11H,3,5,7-9H2,1H3,(H,16,17)(H,18,19). The van der Waals surface area contributed by atoms with E-state index in [0.717, 1.165) is 19.4 Å². The van der Waals surface area contributed by atoms with E-state index in [1.807, 2.05) is 0 Å². The van der Waals surface area contributed by atoms with Crippen LogP contribution in [0.1, 0.15) is 28.8 Å². The van der Waals surface area contributed by atoms with Crippen LogP contribution in [-0.4, -0.2) is 42.8 Å². The lowest BCUT2D eigenvalue weighted by atomic mass is 10.1. The van der Waals surface area contributed by atoms with Crippen molar-refractivity contribution in [1.82, 2.24) is 5.32 Å². The Labute approximate surface area is 123 Å². The topological polar surface area (TPSA) is 84.9 Å².